The molecule has 0 aromatic heterocycles. The topological polar surface area (TPSA) is 34.1 Å². The van der Waals surface area contributed by atoms with Gasteiger partial charge >= 0.3 is 0 Å². The van der Waals surface area contributed by atoms with Crippen molar-refractivity contribution in [1.29, 1.82) is 0 Å². The van der Waals surface area contributed by atoms with E-state index in [9.17, 15) is 0 Å². The number of benzene rings is 1. The maximum Gasteiger partial charge on any atom is 0.193 e. The number of rotatable bonds is 5. The predicted octanol–water partition coefficient (Wildman–Crippen LogP) is 3.17. The van der Waals surface area contributed by atoms with E-state index in [1.807, 2.05) is 7.05 Å². The summed E-state index contributed by atoms with van der Waals surface area (Å²) in [4.78, 5) is 12.0. The van der Waals surface area contributed by atoms with Gasteiger partial charge in [0, 0.05) is 52.0 Å². The van der Waals surface area contributed by atoms with Gasteiger partial charge in [0.1, 0.15) is 0 Å². The fourth-order valence-corrected chi connectivity index (χ4v) is 4.57. The SMILES string of the molecule is CN=C(NCc1cccc(N2CC=CC2)c1)N1CCC(CN2CCCC2)C1.I. The zero-order valence-corrected chi connectivity index (χ0v) is 19.3. The van der Waals surface area contributed by atoms with Crippen molar-refractivity contribution in [3.8, 4) is 0 Å². The molecule has 0 aliphatic carbocycles. The molecule has 3 aliphatic rings. The Hall–Kier alpha value is -1.28. The zero-order chi connectivity index (χ0) is 18.5. The molecule has 2 fully saturated rings. The van der Waals surface area contributed by atoms with Crippen LogP contribution in [0.1, 0.15) is 24.8 Å². The molecule has 0 amide bonds. The summed E-state index contributed by atoms with van der Waals surface area (Å²) in [7, 11) is 1.91. The van der Waals surface area contributed by atoms with E-state index in [1.54, 1.807) is 0 Å². The number of nitrogens with one attached hydrogen (secondary N) is 1. The second-order valence-corrected chi connectivity index (χ2v) is 8.06. The lowest BCUT2D eigenvalue weighted by Gasteiger charge is -2.24. The first-order valence-corrected chi connectivity index (χ1v) is 10.5. The molecule has 2 saturated heterocycles. The van der Waals surface area contributed by atoms with E-state index in [1.165, 1.54) is 50.1 Å². The van der Waals surface area contributed by atoms with Crippen molar-refractivity contribution in [1.82, 2.24) is 15.1 Å². The summed E-state index contributed by atoms with van der Waals surface area (Å²) in [5.74, 6) is 1.83. The minimum Gasteiger partial charge on any atom is -0.364 e. The molecule has 1 N–H and O–H groups in total. The normalized spacial score (nSPS) is 22.8. The third-order valence-electron chi connectivity index (χ3n) is 6.06. The van der Waals surface area contributed by atoms with Crippen molar-refractivity contribution < 1.29 is 0 Å². The van der Waals surface area contributed by atoms with Crippen molar-refractivity contribution in [3.63, 3.8) is 0 Å². The Kier molecular flexibility index (Phi) is 8.02. The Bertz CT molecular complexity index is 675. The monoisotopic (exact) mass is 495 g/mol. The van der Waals surface area contributed by atoms with Crippen LogP contribution in [0, 0.1) is 5.92 Å². The highest BCUT2D eigenvalue weighted by atomic mass is 127. The van der Waals surface area contributed by atoms with Gasteiger partial charge < -0.3 is 20.0 Å². The van der Waals surface area contributed by atoms with Crippen LogP contribution < -0.4 is 10.2 Å². The van der Waals surface area contributed by atoms with Gasteiger partial charge in [0.05, 0.1) is 0 Å². The summed E-state index contributed by atoms with van der Waals surface area (Å²) in [6.45, 7) is 8.98. The second kappa shape index (κ2) is 10.5. The van der Waals surface area contributed by atoms with Crippen molar-refractivity contribution in [2.45, 2.75) is 25.8 Å². The fraction of sp³-hybridized carbons (Fsp3) is 0.591. The molecule has 1 atom stereocenters. The van der Waals surface area contributed by atoms with E-state index >= 15 is 0 Å². The van der Waals surface area contributed by atoms with Gasteiger partial charge in [0.2, 0.25) is 0 Å². The lowest BCUT2D eigenvalue weighted by Crippen LogP contribution is -2.40. The van der Waals surface area contributed by atoms with E-state index in [2.05, 4.69) is 61.4 Å². The Morgan fingerprint density at radius 3 is 2.68 bits per heavy atom. The average Bonchev–Trinajstić information content (AvgIpc) is 3.46. The molecule has 3 heterocycles. The highest BCUT2D eigenvalue weighted by Gasteiger charge is 2.27. The van der Waals surface area contributed by atoms with Crippen LogP contribution in [0.15, 0.2) is 41.4 Å². The molecule has 1 aromatic carbocycles. The van der Waals surface area contributed by atoms with Crippen LogP contribution in [0.4, 0.5) is 5.69 Å². The first-order chi connectivity index (χ1) is 13.3. The van der Waals surface area contributed by atoms with Crippen LogP contribution in [-0.4, -0.2) is 68.6 Å². The van der Waals surface area contributed by atoms with Crippen LogP contribution in [0.2, 0.25) is 0 Å². The largest absolute Gasteiger partial charge is 0.364 e. The highest BCUT2D eigenvalue weighted by Crippen LogP contribution is 2.21. The number of hydrogen-bond donors (Lipinski definition) is 1. The molecule has 0 spiro atoms. The standard InChI is InChI=1S/C22H33N5.HI/c1-23-22(27-14-9-20(18-27)17-25-10-2-3-11-25)24-16-19-7-6-8-21(15-19)26-12-4-5-13-26;/h4-8,15,20H,2-3,9-14,16-18H2,1H3,(H,23,24);1H. The lowest BCUT2D eigenvalue weighted by atomic mass is 10.1. The number of likely N-dealkylation sites (tertiary alicyclic amines) is 2. The van der Waals surface area contributed by atoms with Crippen molar-refractivity contribution in [2.24, 2.45) is 10.9 Å². The van der Waals surface area contributed by atoms with Gasteiger partial charge in [-0.25, -0.2) is 0 Å². The number of aliphatic imine (C=N–C) groups is 1. The smallest absolute Gasteiger partial charge is 0.193 e. The van der Waals surface area contributed by atoms with Gasteiger partial charge in [-0.3, -0.25) is 4.99 Å². The third kappa shape index (κ3) is 5.41. The molecular weight excluding hydrogens is 461 g/mol. The summed E-state index contributed by atoms with van der Waals surface area (Å²) in [6.07, 6.45) is 8.52. The second-order valence-electron chi connectivity index (χ2n) is 8.06. The lowest BCUT2D eigenvalue weighted by molar-refractivity contribution is 0.281. The van der Waals surface area contributed by atoms with Crippen LogP contribution in [0.25, 0.3) is 0 Å². The fourth-order valence-electron chi connectivity index (χ4n) is 4.57. The molecule has 0 radical (unpaired) electrons. The number of guanidine groups is 1. The summed E-state index contributed by atoms with van der Waals surface area (Å²) >= 11 is 0. The first kappa shape index (κ1) is 21.4. The van der Waals surface area contributed by atoms with Gasteiger partial charge in [-0.15, -0.1) is 24.0 Å². The molecule has 1 aromatic rings. The highest BCUT2D eigenvalue weighted by molar-refractivity contribution is 14.0. The average molecular weight is 495 g/mol. The third-order valence-corrected chi connectivity index (χ3v) is 6.06. The summed E-state index contributed by atoms with van der Waals surface area (Å²) in [6, 6.07) is 8.87. The first-order valence-electron chi connectivity index (χ1n) is 10.5. The van der Waals surface area contributed by atoms with E-state index in [4.69, 9.17) is 0 Å². The molecular formula is C22H34IN5. The van der Waals surface area contributed by atoms with E-state index < -0.39 is 0 Å². The van der Waals surface area contributed by atoms with E-state index in [0.717, 1.165) is 44.6 Å². The van der Waals surface area contributed by atoms with Gasteiger partial charge in [-0.1, -0.05) is 24.3 Å². The quantitative estimate of drug-likeness (QED) is 0.295. The number of hydrogen-bond acceptors (Lipinski definition) is 3. The molecule has 4 rings (SSSR count). The summed E-state index contributed by atoms with van der Waals surface area (Å²) in [5.41, 5.74) is 2.62. The molecule has 5 nitrogen and oxygen atoms in total. The maximum absolute atomic E-state index is 4.55. The van der Waals surface area contributed by atoms with E-state index in [0.29, 0.717) is 0 Å². The number of anilines is 1. The predicted molar refractivity (Wildman–Crippen MR) is 129 cm³/mol. The van der Waals surface area contributed by atoms with Gasteiger partial charge in [-0.2, -0.15) is 0 Å². The van der Waals surface area contributed by atoms with Crippen molar-refractivity contribution >= 4 is 35.6 Å². The van der Waals surface area contributed by atoms with E-state index in [-0.39, 0.29) is 24.0 Å². The Morgan fingerprint density at radius 2 is 1.93 bits per heavy atom. The number of halogens is 1. The maximum atomic E-state index is 4.55. The van der Waals surface area contributed by atoms with Crippen LogP contribution >= 0.6 is 24.0 Å². The van der Waals surface area contributed by atoms with Crippen molar-refractivity contribution in [2.75, 3.05) is 57.8 Å². The summed E-state index contributed by atoms with van der Waals surface area (Å²) in [5, 5.41) is 3.59. The number of nitrogens with zero attached hydrogens (tertiary/aromatic N) is 4. The zero-order valence-electron chi connectivity index (χ0n) is 17.0. The molecule has 154 valence electrons. The van der Waals surface area contributed by atoms with Crippen molar-refractivity contribution in [3.05, 3.63) is 42.0 Å². The molecule has 6 heteroatoms. The molecule has 28 heavy (non-hydrogen) atoms. The van der Waals surface area contributed by atoms with Gasteiger partial charge in [0.15, 0.2) is 5.96 Å². The van der Waals surface area contributed by atoms with Crippen LogP contribution in [-0.2, 0) is 6.54 Å². The van der Waals surface area contributed by atoms with Gasteiger partial charge in [-0.05, 0) is 56.0 Å². The Balaban J connectivity index is 0.00000225. The minimum absolute atomic E-state index is 0. The Labute approximate surface area is 186 Å². The molecule has 3 aliphatic heterocycles. The molecule has 0 bridgehead atoms. The van der Waals surface area contributed by atoms with Crippen LogP contribution in [0.3, 0.4) is 0 Å². The summed E-state index contributed by atoms with van der Waals surface area (Å²) < 4.78 is 0. The molecule has 1 unspecified atom stereocenters. The Morgan fingerprint density at radius 1 is 1.14 bits per heavy atom. The van der Waals surface area contributed by atoms with Gasteiger partial charge in [0.25, 0.3) is 0 Å². The van der Waals surface area contributed by atoms with Crippen LogP contribution in [0.5, 0.6) is 0 Å². The molecule has 0 saturated carbocycles. The minimum atomic E-state index is 0.